The van der Waals surface area contributed by atoms with Crippen LogP contribution in [0.15, 0.2) is 0 Å². The van der Waals surface area contributed by atoms with Gasteiger partial charge >= 0.3 is 11.9 Å². The predicted molar refractivity (Wildman–Crippen MR) is 74.4 cm³/mol. The zero-order valence-electron chi connectivity index (χ0n) is 11.2. The van der Waals surface area contributed by atoms with Crippen LogP contribution in [-0.4, -0.2) is 72.2 Å². The third-order valence-electron chi connectivity index (χ3n) is 1.96. The molecule has 0 aromatic heterocycles. The zero-order chi connectivity index (χ0) is 15.4. The monoisotopic (exact) mass is 330 g/mol. The fourth-order valence-corrected chi connectivity index (χ4v) is 3.28. The normalized spacial score (nSPS) is 13.6. The van der Waals surface area contributed by atoms with Crippen molar-refractivity contribution in [2.75, 3.05) is 37.9 Å². The van der Waals surface area contributed by atoms with Crippen molar-refractivity contribution in [1.29, 1.82) is 0 Å². The third kappa shape index (κ3) is 9.39. The number of quaternary nitrogens is 2. The lowest BCUT2D eigenvalue weighted by Gasteiger charge is -2.09. The Morgan fingerprint density at radius 2 is 1.25 bits per heavy atom. The number of aliphatic hydroxyl groups is 2. The number of ether oxygens (including phenoxy) is 2. The minimum Gasteiger partial charge on any atom is -0.459 e. The second kappa shape index (κ2) is 12.2. The van der Waals surface area contributed by atoms with Crippen molar-refractivity contribution >= 4 is 33.5 Å². The van der Waals surface area contributed by atoms with Crippen LogP contribution < -0.4 is 11.5 Å². The van der Waals surface area contributed by atoms with E-state index in [2.05, 4.69) is 11.5 Å². The molecule has 0 radical (unpaired) electrons. The van der Waals surface area contributed by atoms with E-state index in [0.29, 0.717) is 11.5 Å². The molecule has 8 N–H and O–H groups in total. The molecule has 2 unspecified atom stereocenters. The van der Waals surface area contributed by atoms with Crippen molar-refractivity contribution in [3.05, 3.63) is 0 Å². The van der Waals surface area contributed by atoms with Crippen LogP contribution in [0.3, 0.4) is 0 Å². The van der Waals surface area contributed by atoms with Gasteiger partial charge in [-0.3, -0.25) is 0 Å². The van der Waals surface area contributed by atoms with Crippen LogP contribution in [-0.2, 0) is 19.1 Å². The van der Waals surface area contributed by atoms with Gasteiger partial charge in [0.15, 0.2) is 12.1 Å². The zero-order valence-corrected chi connectivity index (χ0v) is 12.8. The van der Waals surface area contributed by atoms with Gasteiger partial charge in [-0.25, -0.2) is 9.59 Å². The maximum absolute atomic E-state index is 11.3. The molecule has 0 saturated heterocycles. The van der Waals surface area contributed by atoms with E-state index in [1.54, 1.807) is 0 Å². The van der Waals surface area contributed by atoms with Crippen molar-refractivity contribution in [3.63, 3.8) is 0 Å². The lowest BCUT2D eigenvalue weighted by molar-refractivity contribution is -0.401. The van der Waals surface area contributed by atoms with Gasteiger partial charge in [-0.15, -0.1) is 0 Å². The molecule has 118 valence electrons. The SMILES string of the molecule is [NH3+]C(CSSCC([NH3+])C(=O)OCCO)C(=O)OCCO. The van der Waals surface area contributed by atoms with Crippen molar-refractivity contribution in [1.82, 2.24) is 0 Å². The molecule has 0 aliphatic carbocycles. The van der Waals surface area contributed by atoms with Gasteiger partial charge in [0.05, 0.1) is 24.7 Å². The molecule has 0 fully saturated rings. The standard InChI is InChI=1S/C10H20N2O6S2/c11-7(9(15)17-3-1-13)5-19-20-6-8(12)10(16)18-4-2-14/h7-8,13-14H,1-6,11-12H2/p+2. The first kappa shape index (κ1) is 19.5. The molecule has 0 aromatic carbocycles. The number of hydrogen-bond acceptors (Lipinski definition) is 8. The van der Waals surface area contributed by atoms with Gasteiger partial charge in [-0.2, -0.15) is 0 Å². The maximum Gasteiger partial charge on any atom is 0.365 e. The fourth-order valence-electron chi connectivity index (χ4n) is 0.925. The smallest absolute Gasteiger partial charge is 0.365 e. The van der Waals surface area contributed by atoms with Crippen LogP contribution in [0.1, 0.15) is 0 Å². The summed E-state index contributed by atoms with van der Waals surface area (Å²) in [5, 5.41) is 17.0. The fraction of sp³-hybridized carbons (Fsp3) is 0.800. The molecule has 0 aromatic rings. The molecular weight excluding hydrogens is 308 g/mol. The molecule has 0 heterocycles. The van der Waals surface area contributed by atoms with E-state index in [9.17, 15) is 9.59 Å². The van der Waals surface area contributed by atoms with E-state index in [0.717, 1.165) is 0 Å². The van der Waals surface area contributed by atoms with E-state index in [4.69, 9.17) is 19.7 Å². The van der Waals surface area contributed by atoms with Crippen LogP contribution in [0.4, 0.5) is 0 Å². The molecule has 0 bridgehead atoms. The average Bonchev–Trinajstić information content (AvgIpc) is 2.45. The largest absolute Gasteiger partial charge is 0.459 e. The van der Waals surface area contributed by atoms with Crippen LogP contribution in [0, 0.1) is 0 Å². The highest BCUT2D eigenvalue weighted by Gasteiger charge is 2.21. The Hall–Kier alpha value is -0.520. The topological polar surface area (TPSA) is 148 Å². The minimum absolute atomic E-state index is 0.0275. The van der Waals surface area contributed by atoms with Gasteiger partial charge < -0.3 is 31.2 Å². The van der Waals surface area contributed by atoms with Crippen molar-refractivity contribution < 1.29 is 40.7 Å². The Kier molecular flexibility index (Phi) is 11.9. The molecule has 20 heavy (non-hydrogen) atoms. The Balaban J connectivity index is 3.69. The van der Waals surface area contributed by atoms with Gasteiger partial charge in [0.25, 0.3) is 0 Å². The highest BCUT2D eigenvalue weighted by molar-refractivity contribution is 8.76. The highest BCUT2D eigenvalue weighted by atomic mass is 33.1. The van der Waals surface area contributed by atoms with Crippen LogP contribution >= 0.6 is 21.6 Å². The Morgan fingerprint density at radius 3 is 1.55 bits per heavy atom. The van der Waals surface area contributed by atoms with E-state index < -0.39 is 24.0 Å². The molecule has 0 aliphatic rings. The molecule has 0 spiro atoms. The van der Waals surface area contributed by atoms with Gasteiger partial charge in [-0.1, -0.05) is 21.6 Å². The quantitative estimate of drug-likeness (QED) is 0.174. The van der Waals surface area contributed by atoms with E-state index in [1.807, 2.05) is 0 Å². The first-order valence-corrected chi connectivity index (χ1v) is 8.47. The number of carbonyl (C=O) groups is 2. The molecule has 0 aliphatic heterocycles. The first-order chi connectivity index (χ1) is 9.52. The molecule has 8 nitrogen and oxygen atoms in total. The van der Waals surface area contributed by atoms with Crippen molar-refractivity contribution in [2.45, 2.75) is 12.1 Å². The molecule has 0 saturated carbocycles. The summed E-state index contributed by atoms with van der Waals surface area (Å²) >= 11 is 0. The summed E-state index contributed by atoms with van der Waals surface area (Å²) in [6.07, 6.45) is 0. The number of rotatable bonds is 11. The van der Waals surface area contributed by atoms with Crippen LogP contribution in [0.2, 0.25) is 0 Å². The van der Waals surface area contributed by atoms with Crippen molar-refractivity contribution in [2.24, 2.45) is 0 Å². The molecule has 2 atom stereocenters. The second-order valence-corrected chi connectivity index (χ2v) is 6.30. The molecule has 0 rings (SSSR count). The second-order valence-electron chi connectivity index (χ2n) is 3.75. The summed E-state index contributed by atoms with van der Waals surface area (Å²) < 4.78 is 9.46. The van der Waals surface area contributed by atoms with Gasteiger partial charge in [0, 0.05) is 0 Å². The predicted octanol–water partition coefficient (Wildman–Crippen LogP) is -3.34. The van der Waals surface area contributed by atoms with E-state index in [1.165, 1.54) is 21.6 Å². The minimum atomic E-state index is -0.524. The van der Waals surface area contributed by atoms with Gasteiger partial charge in [0.1, 0.15) is 13.2 Å². The number of esters is 2. The number of hydrogen-bond donors (Lipinski definition) is 4. The summed E-state index contributed by atoms with van der Waals surface area (Å²) in [5.41, 5.74) is 7.32. The lowest BCUT2D eigenvalue weighted by atomic mass is 10.4. The summed E-state index contributed by atoms with van der Waals surface area (Å²) in [5.74, 6) is -0.0397. The molecular formula is C10H22N2O6S2+2. The van der Waals surface area contributed by atoms with Gasteiger partial charge in [-0.05, 0) is 0 Å². The molecule has 0 amide bonds. The van der Waals surface area contributed by atoms with Crippen molar-refractivity contribution in [3.8, 4) is 0 Å². The van der Waals surface area contributed by atoms with E-state index >= 15 is 0 Å². The lowest BCUT2D eigenvalue weighted by Crippen LogP contribution is -2.67. The Labute approximate surface area is 124 Å². The summed E-state index contributed by atoms with van der Waals surface area (Å²) in [6, 6.07) is -1.05. The Bertz CT molecular complexity index is 267. The number of aliphatic hydroxyl groups excluding tert-OH is 2. The molecule has 10 heteroatoms. The number of carbonyl (C=O) groups excluding carboxylic acids is 2. The summed E-state index contributed by atoms with van der Waals surface area (Å²) in [4.78, 5) is 22.7. The van der Waals surface area contributed by atoms with Gasteiger partial charge in [0.2, 0.25) is 0 Å². The average molecular weight is 330 g/mol. The van der Waals surface area contributed by atoms with E-state index in [-0.39, 0.29) is 26.4 Å². The summed E-state index contributed by atoms with van der Waals surface area (Å²) in [7, 11) is 2.77. The third-order valence-corrected chi connectivity index (χ3v) is 4.52. The Morgan fingerprint density at radius 1 is 0.900 bits per heavy atom. The van der Waals surface area contributed by atoms with Crippen LogP contribution in [0.5, 0.6) is 0 Å². The summed E-state index contributed by atoms with van der Waals surface area (Å²) in [6.45, 7) is -0.473. The maximum atomic E-state index is 11.3. The first-order valence-electron chi connectivity index (χ1n) is 5.98. The van der Waals surface area contributed by atoms with Crippen LogP contribution in [0.25, 0.3) is 0 Å². The highest BCUT2D eigenvalue weighted by Crippen LogP contribution is 2.21.